The number of aryl methyl sites for hydroxylation is 2. The molecule has 0 aliphatic rings. The van der Waals surface area contributed by atoms with Crippen molar-refractivity contribution < 1.29 is 0 Å². The van der Waals surface area contributed by atoms with Crippen molar-refractivity contribution in [3.8, 4) is 0 Å². The maximum Gasteiger partial charge on any atom is 0.172 e. The van der Waals surface area contributed by atoms with E-state index in [9.17, 15) is 0 Å². The number of anilines is 1. The number of aromatic nitrogens is 4. The highest BCUT2D eigenvalue weighted by Crippen LogP contribution is 2.11. The summed E-state index contributed by atoms with van der Waals surface area (Å²) in [5, 5.41) is 16.3. The summed E-state index contributed by atoms with van der Waals surface area (Å²) in [6.45, 7) is 3.26. The van der Waals surface area contributed by atoms with Gasteiger partial charge in [-0.15, -0.1) is 0 Å². The van der Waals surface area contributed by atoms with Crippen molar-refractivity contribution in [2.24, 2.45) is 7.05 Å². The molecule has 130 valence electrons. The molecule has 0 amide bonds. The summed E-state index contributed by atoms with van der Waals surface area (Å²) in [6.07, 6.45) is 1.90. The molecule has 25 heavy (non-hydrogen) atoms. The number of thiocarbonyl (C=S) groups is 1. The highest BCUT2D eigenvalue weighted by molar-refractivity contribution is 7.80. The van der Waals surface area contributed by atoms with Crippen LogP contribution in [0.3, 0.4) is 0 Å². The Balaban J connectivity index is 1.51. The first kappa shape index (κ1) is 17.4. The van der Waals surface area contributed by atoms with Gasteiger partial charge < -0.3 is 10.6 Å². The first-order chi connectivity index (χ1) is 12.0. The highest BCUT2D eigenvalue weighted by Gasteiger charge is 2.05. The second-order valence-electron chi connectivity index (χ2n) is 5.73. The molecule has 0 bridgehead atoms. The average Bonchev–Trinajstić information content (AvgIpc) is 3.14. The molecule has 0 fully saturated rings. The predicted molar refractivity (Wildman–Crippen MR) is 104 cm³/mol. The summed E-state index contributed by atoms with van der Waals surface area (Å²) >= 11 is 11.2. The van der Waals surface area contributed by atoms with Gasteiger partial charge in [-0.3, -0.25) is 9.36 Å². The van der Waals surface area contributed by atoms with Gasteiger partial charge in [0.1, 0.15) is 0 Å². The topological polar surface area (TPSA) is 59.7 Å². The molecule has 2 N–H and O–H groups in total. The molecule has 3 rings (SSSR count). The molecule has 0 spiro atoms. The fourth-order valence-electron chi connectivity index (χ4n) is 2.35. The van der Waals surface area contributed by atoms with Crippen LogP contribution in [-0.2, 0) is 20.1 Å². The van der Waals surface area contributed by atoms with Gasteiger partial charge in [0.25, 0.3) is 0 Å². The van der Waals surface area contributed by atoms with Crippen LogP contribution in [0.15, 0.2) is 42.6 Å². The Kier molecular flexibility index (Phi) is 5.35. The Hall–Kier alpha value is -2.38. The summed E-state index contributed by atoms with van der Waals surface area (Å²) in [5.74, 6) is 0.698. The van der Waals surface area contributed by atoms with E-state index >= 15 is 0 Å². The molecule has 0 saturated heterocycles. The Bertz CT molecular complexity index is 848. The molecule has 0 radical (unpaired) electrons. The molecule has 3 aromatic rings. The number of benzene rings is 1. The summed E-state index contributed by atoms with van der Waals surface area (Å²) in [4.78, 5) is 0. The molecule has 8 heteroatoms. The second kappa shape index (κ2) is 7.67. The van der Waals surface area contributed by atoms with Crippen LogP contribution >= 0.6 is 23.8 Å². The molecular formula is C17H19ClN6S. The van der Waals surface area contributed by atoms with Crippen LogP contribution < -0.4 is 10.6 Å². The minimum absolute atomic E-state index is 0.514. The van der Waals surface area contributed by atoms with Crippen LogP contribution in [0.1, 0.15) is 17.0 Å². The third-order valence-electron chi connectivity index (χ3n) is 3.73. The largest absolute Gasteiger partial charge is 0.357 e. The van der Waals surface area contributed by atoms with E-state index in [1.165, 1.54) is 0 Å². The third kappa shape index (κ3) is 4.80. The summed E-state index contributed by atoms with van der Waals surface area (Å²) < 4.78 is 3.68. The number of hydrogen-bond acceptors (Lipinski definition) is 3. The molecule has 1 aromatic carbocycles. The lowest BCUT2D eigenvalue weighted by atomic mass is 10.2. The van der Waals surface area contributed by atoms with Gasteiger partial charge in [-0.05, 0) is 42.9 Å². The SMILES string of the molecule is Cc1cc(CNC(=S)Nc2ccn(Cc3ccc(Cl)cc3)n2)nn1C. The molecule has 6 nitrogen and oxygen atoms in total. The van der Waals surface area contributed by atoms with Crippen molar-refractivity contribution in [3.05, 3.63) is 64.6 Å². The van der Waals surface area contributed by atoms with E-state index in [1.807, 2.05) is 65.9 Å². The average molecular weight is 375 g/mol. The van der Waals surface area contributed by atoms with Crippen LogP contribution in [0.25, 0.3) is 0 Å². The first-order valence-corrected chi connectivity index (χ1v) is 8.60. The molecular weight excluding hydrogens is 356 g/mol. The summed E-state index contributed by atoms with van der Waals surface area (Å²) in [6, 6.07) is 11.6. The zero-order valence-electron chi connectivity index (χ0n) is 14.0. The zero-order chi connectivity index (χ0) is 17.8. The van der Waals surface area contributed by atoms with E-state index in [0.29, 0.717) is 24.0 Å². The van der Waals surface area contributed by atoms with E-state index in [4.69, 9.17) is 23.8 Å². The van der Waals surface area contributed by atoms with Gasteiger partial charge in [0.05, 0.1) is 18.8 Å². The van der Waals surface area contributed by atoms with Gasteiger partial charge in [0, 0.05) is 30.0 Å². The Morgan fingerprint density at radius 3 is 2.64 bits per heavy atom. The van der Waals surface area contributed by atoms with Crippen molar-refractivity contribution in [1.29, 1.82) is 0 Å². The highest BCUT2D eigenvalue weighted by atomic mass is 35.5. The van der Waals surface area contributed by atoms with Crippen LogP contribution in [0.5, 0.6) is 0 Å². The molecule has 2 aromatic heterocycles. The normalized spacial score (nSPS) is 10.7. The van der Waals surface area contributed by atoms with Crippen LogP contribution in [0.4, 0.5) is 5.82 Å². The molecule has 0 atom stereocenters. The summed E-state index contributed by atoms with van der Waals surface area (Å²) in [7, 11) is 1.92. The number of rotatable bonds is 5. The zero-order valence-corrected chi connectivity index (χ0v) is 15.6. The Labute approximate surface area is 156 Å². The van der Waals surface area contributed by atoms with Crippen molar-refractivity contribution in [1.82, 2.24) is 24.9 Å². The lowest BCUT2D eigenvalue weighted by molar-refractivity contribution is 0.689. The third-order valence-corrected chi connectivity index (χ3v) is 4.23. The van der Waals surface area contributed by atoms with Gasteiger partial charge in [-0.1, -0.05) is 23.7 Å². The smallest absolute Gasteiger partial charge is 0.172 e. The van der Waals surface area contributed by atoms with E-state index in [-0.39, 0.29) is 0 Å². The maximum absolute atomic E-state index is 5.90. The van der Waals surface area contributed by atoms with Gasteiger partial charge in [0.15, 0.2) is 10.9 Å². The number of halogens is 1. The summed E-state index contributed by atoms with van der Waals surface area (Å²) in [5.41, 5.74) is 3.18. The number of nitrogens with one attached hydrogen (secondary N) is 2. The van der Waals surface area contributed by atoms with Crippen LogP contribution in [0.2, 0.25) is 5.02 Å². The lowest BCUT2D eigenvalue weighted by Gasteiger charge is -2.07. The minimum atomic E-state index is 0.514. The van der Waals surface area contributed by atoms with Crippen molar-refractivity contribution in [2.75, 3.05) is 5.32 Å². The molecule has 0 saturated carbocycles. The van der Waals surface area contributed by atoms with Crippen LogP contribution in [-0.4, -0.2) is 24.7 Å². The number of hydrogen-bond donors (Lipinski definition) is 2. The standard InChI is InChI=1S/C17H19ClN6S/c1-12-9-15(21-23(12)2)10-19-17(25)20-16-7-8-24(22-16)11-13-3-5-14(18)6-4-13/h3-9H,10-11H2,1-2H3,(H2,19,20,22,25). The predicted octanol–water partition coefficient (Wildman–Crippen LogP) is 3.11. The lowest BCUT2D eigenvalue weighted by Crippen LogP contribution is -2.28. The van der Waals surface area contributed by atoms with E-state index in [2.05, 4.69) is 20.8 Å². The van der Waals surface area contributed by atoms with Gasteiger partial charge >= 0.3 is 0 Å². The minimum Gasteiger partial charge on any atom is -0.357 e. The molecule has 2 heterocycles. The van der Waals surface area contributed by atoms with Crippen molar-refractivity contribution >= 4 is 34.7 Å². The van der Waals surface area contributed by atoms with Gasteiger partial charge in [-0.2, -0.15) is 10.2 Å². The fraction of sp³-hybridized carbons (Fsp3) is 0.235. The first-order valence-electron chi connectivity index (χ1n) is 7.82. The number of nitrogens with zero attached hydrogens (tertiary/aromatic N) is 4. The monoisotopic (exact) mass is 374 g/mol. The maximum atomic E-state index is 5.90. The van der Waals surface area contributed by atoms with E-state index in [0.717, 1.165) is 22.0 Å². The molecule has 0 unspecified atom stereocenters. The fourth-order valence-corrected chi connectivity index (χ4v) is 2.65. The van der Waals surface area contributed by atoms with Crippen LogP contribution in [0, 0.1) is 6.92 Å². The van der Waals surface area contributed by atoms with E-state index in [1.54, 1.807) is 0 Å². The Morgan fingerprint density at radius 1 is 1.20 bits per heavy atom. The van der Waals surface area contributed by atoms with Crippen molar-refractivity contribution in [2.45, 2.75) is 20.0 Å². The van der Waals surface area contributed by atoms with E-state index < -0.39 is 0 Å². The molecule has 0 aliphatic heterocycles. The van der Waals surface area contributed by atoms with Gasteiger partial charge in [0.2, 0.25) is 0 Å². The quantitative estimate of drug-likeness (QED) is 0.672. The Morgan fingerprint density at radius 2 is 1.96 bits per heavy atom. The van der Waals surface area contributed by atoms with Crippen molar-refractivity contribution in [3.63, 3.8) is 0 Å². The van der Waals surface area contributed by atoms with Gasteiger partial charge in [-0.25, -0.2) is 0 Å². The molecule has 0 aliphatic carbocycles. The second-order valence-corrected chi connectivity index (χ2v) is 6.58.